The van der Waals surface area contributed by atoms with Crippen LogP contribution in [-0.2, 0) is 13.0 Å². The van der Waals surface area contributed by atoms with Crippen LogP contribution in [0.3, 0.4) is 0 Å². The van der Waals surface area contributed by atoms with Gasteiger partial charge in [-0.2, -0.15) is 0 Å². The molecule has 2 aromatic carbocycles. The molecule has 0 fully saturated rings. The molecule has 3 aromatic rings. The average molecular weight is 350 g/mol. The first-order chi connectivity index (χ1) is 12.7. The van der Waals surface area contributed by atoms with Gasteiger partial charge in [-0.1, -0.05) is 24.3 Å². The predicted molar refractivity (Wildman–Crippen MR) is 106 cm³/mol. The van der Waals surface area contributed by atoms with E-state index in [-0.39, 0.29) is 0 Å². The molecule has 0 radical (unpaired) electrons. The average Bonchev–Trinajstić information content (AvgIpc) is 2.66. The number of fused-ring (bicyclic) bond motifs is 1. The summed E-state index contributed by atoms with van der Waals surface area (Å²) in [6.07, 6.45) is 3.97. The Labute approximate surface area is 155 Å². The molecule has 0 aliphatic heterocycles. The summed E-state index contributed by atoms with van der Waals surface area (Å²) in [6, 6.07) is 16.3. The first-order valence-corrected chi connectivity index (χ1v) is 8.94. The minimum Gasteiger partial charge on any atom is -0.496 e. The lowest BCUT2D eigenvalue weighted by Gasteiger charge is -2.14. The Kier molecular flexibility index (Phi) is 6.08. The zero-order valence-electron chi connectivity index (χ0n) is 15.7. The molecule has 0 spiro atoms. The predicted octanol–water partition coefficient (Wildman–Crippen LogP) is 4.32. The highest BCUT2D eigenvalue weighted by atomic mass is 16.5. The van der Waals surface area contributed by atoms with E-state index in [2.05, 4.69) is 36.1 Å². The van der Waals surface area contributed by atoms with Crippen molar-refractivity contribution < 1.29 is 9.47 Å². The quantitative estimate of drug-likeness (QED) is 0.606. The van der Waals surface area contributed by atoms with Crippen LogP contribution in [0.15, 0.2) is 54.7 Å². The largest absolute Gasteiger partial charge is 0.496 e. The van der Waals surface area contributed by atoms with E-state index in [1.807, 2.05) is 36.4 Å². The summed E-state index contributed by atoms with van der Waals surface area (Å²) in [5, 5.41) is 1.08. The molecule has 3 rings (SSSR count). The van der Waals surface area contributed by atoms with Gasteiger partial charge in [-0.25, -0.2) is 0 Å². The van der Waals surface area contributed by atoms with Crippen molar-refractivity contribution >= 4 is 10.9 Å². The van der Waals surface area contributed by atoms with Crippen LogP contribution >= 0.6 is 0 Å². The lowest BCUT2D eigenvalue weighted by molar-refractivity contribution is 0.299. The van der Waals surface area contributed by atoms with Gasteiger partial charge in [0.1, 0.15) is 23.6 Å². The topological polar surface area (TPSA) is 34.6 Å². The maximum atomic E-state index is 6.09. The Balaban J connectivity index is 1.75. The molecule has 0 atom stereocenters. The van der Waals surface area contributed by atoms with Crippen molar-refractivity contribution in [2.75, 3.05) is 27.7 Å². The van der Waals surface area contributed by atoms with Crippen molar-refractivity contribution in [3.8, 4) is 11.5 Å². The number of para-hydroxylation sites is 1. The van der Waals surface area contributed by atoms with Gasteiger partial charge in [-0.3, -0.25) is 4.98 Å². The third kappa shape index (κ3) is 4.52. The van der Waals surface area contributed by atoms with Gasteiger partial charge in [0.05, 0.1) is 7.11 Å². The summed E-state index contributed by atoms with van der Waals surface area (Å²) in [7, 11) is 5.90. The molecule has 4 nitrogen and oxygen atoms in total. The van der Waals surface area contributed by atoms with Crippen LogP contribution in [0.25, 0.3) is 10.9 Å². The zero-order chi connectivity index (χ0) is 18.4. The Morgan fingerprint density at radius 1 is 1.00 bits per heavy atom. The summed E-state index contributed by atoms with van der Waals surface area (Å²) < 4.78 is 11.6. The third-order valence-electron chi connectivity index (χ3n) is 4.39. The Hall–Kier alpha value is -2.59. The first-order valence-electron chi connectivity index (χ1n) is 8.94. The van der Waals surface area contributed by atoms with Crippen molar-refractivity contribution in [1.29, 1.82) is 0 Å². The van der Waals surface area contributed by atoms with Crippen molar-refractivity contribution in [2.45, 2.75) is 19.4 Å². The Morgan fingerprint density at radius 3 is 2.65 bits per heavy atom. The second-order valence-corrected chi connectivity index (χ2v) is 6.67. The van der Waals surface area contributed by atoms with Gasteiger partial charge in [0.2, 0.25) is 0 Å². The number of aromatic nitrogens is 1. The van der Waals surface area contributed by atoms with E-state index in [1.165, 1.54) is 5.56 Å². The maximum Gasteiger partial charge on any atom is 0.146 e. The normalized spacial score (nSPS) is 11.1. The number of rotatable bonds is 8. The molecule has 0 bridgehead atoms. The van der Waals surface area contributed by atoms with E-state index < -0.39 is 0 Å². The fourth-order valence-electron chi connectivity index (χ4n) is 3.05. The fraction of sp³-hybridized carbons (Fsp3) is 0.318. The summed E-state index contributed by atoms with van der Waals surface area (Å²) in [5.41, 5.74) is 3.25. The molecular weight excluding hydrogens is 324 g/mol. The molecule has 0 aliphatic rings. The molecule has 0 amide bonds. The zero-order valence-corrected chi connectivity index (χ0v) is 15.7. The van der Waals surface area contributed by atoms with E-state index in [9.17, 15) is 0 Å². The number of nitrogens with zero attached hydrogens (tertiary/aromatic N) is 2. The molecule has 0 saturated heterocycles. The number of hydrogen-bond acceptors (Lipinski definition) is 4. The third-order valence-corrected chi connectivity index (χ3v) is 4.39. The summed E-state index contributed by atoms with van der Waals surface area (Å²) in [4.78, 5) is 6.66. The number of hydrogen-bond donors (Lipinski definition) is 0. The number of methoxy groups -OCH3 is 1. The standard InChI is InChI=1S/C22H26N2O2/c1-24(2)14-6-7-17-11-12-20(25-3)19(15-17)16-26-21-10-4-8-18-9-5-13-23-22(18)21/h4-5,8-13,15H,6-7,14,16H2,1-3H3. The minimum atomic E-state index is 0.459. The Morgan fingerprint density at radius 2 is 1.85 bits per heavy atom. The summed E-state index contributed by atoms with van der Waals surface area (Å²) in [5.74, 6) is 1.65. The molecule has 0 unspecified atom stereocenters. The van der Waals surface area contributed by atoms with E-state index in [0.717, 1.165) is 47.4 Å². The molecule has 4 heteroatoms. The second kappa shape index (κ2) is 8.68. The van der Waals surface area contributed by atoms with Crippen LogP contribution < -0.4 is 9.47 Å². The van der Waals surface area contributed by atoms with Crippen molar-refractivity contribution in [3.05, 3.63) is 65.9 Å². The highest BCUT2D eigenvalue weighted by Crippen LogP contribution is 2.26. The lowest BCUT2D eigenvalue weighted by Crippen LogP contribution is -2.13. The van der Waals surface area contributed by atoms with Gasteiger partial charge < -0.3 is 14.4 Å². The van der Waals surface area contributed by atoms with Gasteiger partial charge >= 0.3 is 0 Å². The Bertz CT molecular complexity index is 856. The van der Waals surface area contributed by atoms with Crippen LogP contribution in [0.4, 0.5) is 0 Å². The fourth-order valence-corrected chi connectivity index (χ4v) is 3.05. The summed E-state index contributed by atoms with van der Waals surface area (Å²) in [6.45, 7) is 1.54. The van der Waals surface area contributed by atoms with Crippen molar-refractivity contribution in [3.63, 3.8) is 0 Å². The highest BCUT2D eigenvalue weighted by molar-refractivity contribution is 5.84. The van der Waals surface area contributed by atoms with Gasteiger partial charge in [0, 0.05) is 17.1 Å². The SMILES string of the molecule is COc1ccc(CCCN(C)C)cc1COc1cccc2cccnc12. The maximum absolute atomic E-state index is 6.09. The molecule has 0 N–H and O–H groups in total. The van der Waals surface area contributed by atoms with E-state index in [4.69, 9.17) is 9.47 Å². The van der Waals surface area contributed by atoms with E-state index in [1.54, 1.807) is 13.3 Å². The summed E-state index contributed by atoms with van der Waals surface area (Å²) >= 11 is 0. The molecular formula is C22H26N2O2. The molecule has 0 saturated carbocycles. The number of aryl methyl sites for hydroxylation is 1. The van der Waals surface area contributed by atoms with E-state index in [0.29, 0.717) is 6.61 Å². The smallest absolute Gasteiger partial charge is 0.146 e. The highest BCUT2D eigenvalue weighted by Gasteiger charge is 2.08. The van der Waals surface area contributed by atoms with Crippen molar-refractivity contribution in [1.82, 2.24) is 9.88 Å². The second-order valence-electron chi connectivity index (χ2n) is 6.67. The van der Waals surface area contributed by atoms with Gasteiger partial charge in [0.25, 0.3) is 0 Å². The van der Waals surface area contributed by atoms with E-state index >= 15 is 0 Å². The number of benzene rings is 2. The molecule has 1 aromatic heterocycles. The molecule has 136 valence electrons. The van der Waals surface area contributed by atoms with Crippen LogP contribution in [0.1, 0.15) is 17.5 Å². The van der Waals surface area contributed by atoms with Crippen molar-refractivity contribution in [2.24, 2.45) is 0 Å². The van der Waals surface area contributed by atoms with Crippen LogP contribution in [0.5, 0.6) is 11.5 Å². The monoisotopic (exact) mass is 350 g/mol. The van der Waals surface area contributed by atoms with Crippen LogP contribution in [-0.4, -0.2) is 37.6 Å². The molecule has 1 heterocycles. The molecule has 26 heavy (non-hydrogen) atoms. The van der Waals surface area contributed by atoms with Crippen LogP contribution in [0, 0.1) is 0 Å². The van der Waals surface area contributed by atoms with Gasteiger partial charge in [0.15, 0.2) is 0 Å². The van der Waals surface area contributed by atoms with Gasteiger partial charge in [-0.05, 0) is 63.3 Å². The minimum absolute atomic E-state index is 0.459. The lowest BCUT2D eigenvalue weighted by atomic mass is 10.1. The molecule has 0 aliphatic carbocycles. The number of ether oxygens (including phenoxy) is 2. The number of pyridine rings is 1. The first kappa shape index (κ1) is 18.2. The van der Waals surface area contributed by atoms with Crippen LogP contribution in [0.2, 0.25) is 0 Å². The van der Waals surface area contributed by atoms with Gasteiger partial charge in [-0.15, -0.1) is 0 Å².